The van der Waals surface area contributed by atoms with Crippen LogP contribution in [-0.4, -0.2) is 39.9 Å². The summed E-state index contributed by atoms with van der Waals surface area (Å²) in [5, 5.41) is 21.3. The van der Waals surface area contributed by atoms with Crippen LogP contribution in [0.3, 0.4) is 0 Å². The van der Waals surface area contributed by atoms with Crippen LogP contribution in [0.1, 0.15) is 24.3 Å². The third-order valence-electron chi connectivity index (χ3n) is 5.37. The van der Waals surface area contributed by atoms with Crippen molar-refractivity contribution in [2.75, 3.05) is 6.61 Å². The molecule has 1 heterocycles. The number of rotatable bonds is 5. The molecule has 4 rings (SSSR count). The molecule has 0 radical (unpaired) electrons. The van der Waals surface area contributed by atoms with Gasteiger partial charge in [0.25, 0.3) is 5.91 Å². The van der Waals surface area contributed by atoms with E-state index in [4.69, 9.17) is 5.11 Å². The van der Waals surface area contributed by atoms with Gasteiger partial charge < -0.3 is 20.5 Å². The molecule has 152 valence electrons. The summed E-state index contributed by atoms with van der Waals surface area (Å²) in [6, 6.07) is 7.55. The standard InChI is InChI=1S/C21H19F3N2O3/c22-12-3-1-10(2-4-12)19-18(15-7-13(23)8-16(24)20(15)26-19)11-5-14(6-11)25-21(29)17(28)9-27/h1-4,7-8,11,14,17,26-28H,5-6,9H2,(H,25,29). The predicted octanol–water partition coefficient (Wildman–Crippen LogP) is 2.97. The Morgan fingerprint density at radius 2 is 1.83 bits per heavy atom. The van der Waals surface area contributed by atoms with Crippen LogP contribution in [0.15, 0.2) is 36.4 Å². The van der Waals surface area contributed by atoms with E-state index in [2.05, 4.69) is 10.3 Å². The Balaban J connectivity index is 1.69. The highest BCUT2D eigenvalue weighted by Crippen LogP contribution is 2.45. The fourth-order valence-corrected chi connectivity index (χ4v) is 3.86. The molecule has 0 bridgehead atoms. The number of hydrogen-bond acceptors (Lipinski definition) is 3. The van der Waals surface area contributed by atoms with E-state index in [1.165, 1.54) is 18.2 Å². The number of hydrogen-bond donors (Lipinski definition) is 4. The molecular formula is C21H19F3N2O3. The number of carbonyl (C=O) groups excluding carboxylic acids is 1. The summed E-state index contributed by atoms with van der Waals surface area (Å²) in [5.41, 5.74) is 2.09. The summed E-state index contributed by atoms with van der Waals surface area (Å²) in [6.07, 6.45) is -0.480. The molecule has 5 nitrogen and oxygen atoms in total. The molecule has 0 saturated heterocycles. The zero-order valence-corrected chi connectivity index (χ0v) is 15.3. The highest BCUT2D eigenvalue weighted by molar-refractivity contribution is 5.92. The number of aromatic amines is 1. The van der Waals surface area contributed by atoms with Crippen molar-refractivity contribution in [3.8, 4) is 11.3 Å². The third-order valence-corrected chi connectivity index (χ3v) is 5.37. The summed E-state index contributed by atoms with van der Waals surface area (Å²) in [6.45, 7) is -0.669. The van der Waals surface area contributed by atoms with Crippen molar-refractivity contribution in [1.29, 1.82) is 0 Å². The number of nitrogens with one attached hydrogen (secondary N) is 2. The number of halogens is 3. The number of fused-ring (bicyclic) bond motifs is 1. The van der Waals surface area contributed by atoms with E-state index in [9.17, 15) is 23.1 Å². The maximum atomic E-state index is 14.3. The van der Waals surface area contributed by atoms with E-state index < -0.39 is 36.1 Å². The smallest absolute Gasteiger partial charge is 0.251 e. The Labute approximate surface area is 164 Å². The number of aliphatic hydroxyl groups is 2. The molecule has 1 aliphatic rings. The Morgan fingerprint density at radius 3 is 2.48 bits per heavy atom. The van der Waals surface area contributed by atoms with Crippen LogP contribution in [0.2, 0.25) is 0 Å². The first-order valence-electron chi connectivity index (χ1n) is 9.23. The van der Waals surface area contributed by atoms with Gasteiger partial charge in [0.1, 0.15) is 17.5 Å². The fraction of sp³-hybridized carbons (Fsp3) is 0.286. The van der Waals surface area contributed by atoms with Gasteiger partial charge in [0.05, 0.1) is 17.8 Å². The average molecular weight is 404 g/mol. The maximum absolute atomic E-state index is 14.3. The van der Waals surface area contributed by atoms with Crippen LogP contribution in [0.4, 0.5) is 13.2 Å². The summed E-state index contributed by atoms with van der Waals surface area (Å²) in [5.74, 6) is -2.58. The van der Waals surface area contributed by atoms with Crippen LogP contribution < -0.4 is 5.32 Å². The number of carbonyl (C=O) groups is 1. The van der Waals surface area contributed by atoms with Gasteiger partial charge in [-0.3, -0.25) is 4.79 Å². The molecule has 2 aromatic carbocycles. The van der Waals surface area contributed by atoms with Gasteiger partial charge in [0, 0.05) is 17.5 Å². The van der Waals surface area contributed by atoms with E-state index in [0.717, 1.165) is 6.07 Å². The highest BCUT2D eigenvalue weighted by atomic mass is 19.1. The predicted molar refractivity (Wildman–Crippen MR) is 101 cm³/mol. The zero-order chi connectivity index (χ0) is 20.7. The van der Waals surface area contributed by atoms with Crippen molar-refractivity contribution in [3.63, 3.8) is 0 Å². The quantitative estimate of drug-likeness (QED) is 0.528. The number of amides is 1. The molecule has 1 aliphatic carbocycles. The molecule has 1 atom stereocenters. The van der Waals surface area contributed by atoms with Gasteiger partial charge in [-0.1, -0.05) is 0 Å². The van der Waals surface area contributed by atoms with Gasteiger partial charge >= 0.3 is 0 Å². The van der Waals surface area contributed by atoms with E-state index in [1.54, 1.807) is 12.1 Å². The van der Waals surface area contributed by atoms with Crippen LogP contribution in [0.25, 0.3) is 22.2 Å². The van der Waals surface area contributed by atoms with E-state index in [1.807, 2.05) is 0 Å². The Morgan fingerprint density at radius 1 is 1.14 bits per heavy atom. The van der Waals surface area contributed by atoms with Gasteiger partial charge in [0.15, 0.2) is 6.10 Å². The second-order valence-electron chi connectivity index (χ2n) is 7.30. The molecule has 3 aromatic rings. The van der Waals surface area contributed by atoms with Crippen molar-refractivity contribution < 1.29 is 28.2 Å². The van der Waals surface area contributed by atoms with Gasteiger partial charge in [-0.15, -0.1) is 0 Å². The monoisotopic (exact) mass is 404 g/mol. The molecule has 4 N–H and O–H groups in total. The largest absolute Gasteiger partial charge is 0.393 e. The first kappa shape index (κ1) is 19.5. The lowest BCUT2D eigenvalue weighted by Gasteiger charge is -2.37. The normalized spacial score (nSPS) is 19.8. The van der Waals surface area contributed by atoms with E-state index in [-0.39, 0.29) is 17.5 Å². The Bertz CT molecular complexity index is 1060. The Kier molecular flexibility index (Phi) is 5.06. The first-order valence-corrected chi connectivity index (χ1v) is 9.23. The minimum Gasteiger partial charge on any atom is -0.393 e. The number of H-pyrrole nitrogens is 1. The minimum absolute atomic E-state index is 0.0958. The highest BCUT2D eigenvalue weighted by Gasteiger charge is 2.36. The fourth-order valence-electron chi connectivity index (χ4n) is 3.86. The van der Waals surface area contributed by atoms with Crippen molar-refractivity contribution in [2.45, 2.75) is 30.9 Å². The van der Waals surface area contributed by atoms with Gasteiger partial charge in [0.2, 0.25) is 0 Å². The maximum Gasteiger partial charge on any atom is 0.251 e. The lowest BCUT2D eigenvalue weighted by atomic mass is 9.74. The minimum atomic E-state index is -1.49. The topological polar surface area (TPSA) is 85.4 Å². The summed E-state index contributed by atoms with van der Waals surface area (Å²) in [7, 11) is 0. The van der Waals surface area contributed by atoms with Crippen molar-refractivity contribution in [1.82, 2.24) is 10.3 Å². The van der Waals surface area contributed by atoms with Gasteiger partial charge in [-0.2, -0.15) is 0 Å². The SMILES string of the molecule is O=C(NC1CC(c2c(-c3ccc(F)cc3)[nH]c3c(F)cc(F)cc23)C1)C(O)CO. The number of aromatic nitrogens is 1. The summed E-state index contributed by atoms with van der Waals surface area (Å²) < 4.78 is 41.6. The van der Waals surface area contributed by atoms with Crippen LogP contribution >= 0.6 is 0 Å². The molecule has 1 amide bonds. The van der Waals surface area contributed by atoms with Crippen LogP contribution in [-0.2, 0) is 4.79 Å². The molecule has 1 aromatic heterocycles. The second-order valence-corrected chi connectivity index (χ2v) is 7.30. The molecular weight excluding hydrogens is 385 g/mol. The molecule has 1 saturated carbocycles. The molecule has 0 aliphatic heterocycles. The van der Waals surface area contributed by atoms with Crippen molar-refractivity contribution in [3.05, 3.63) is 59.4 Å². The Hall–Kier alpha value is -2.84. The third kappa shape index (κ3) is 3.61. The van der Waals surface area contributed by atoms with Crippen LogP contribution in [0.5, 0.6) is 0 Å². The number of benzene rings is 2. The molecule has 1 unspecified atom stereocenters. The van der Waals surface area contributed by atoms with Gasteiger partial charge in [-0.25, -0.2) is 13.2 Å². The zero-order valence-electron chi connectivity index (χ0n) is 15.3. The lowest BCUT2D eigenvalue weighted by Crippen LogP contribution is -2.48. The van der Waals surface area contributed by atoms with E-state index >= 15 is 0 Å². The second kappa shape index (κ2) is 7.53. The van der Waals surface area contributed by atoms with Gasteiger partial charge in [-0.05, 0) is 60.2 Å². The lowest BCUT2D eigenvalue weighted by molar-refractivity contribution is -0.132. The molecule has 8 heteroatoms. The molecule has 1 fully saturated rings. The first-order chi connectivity index (χ1) is 13.9. The number of aliphatic hydroxyl groups excluding tert-OH is 2. The summed E-state index contributed by atoms with van der Waals surface area (Å²) >= 11 is 0. The average Bonchev–Trinajstić information content (AvgIpc) is 3.03. The molecule has 29 heavy (non-hydrogen) atoms. The molecule has 0 spiro atoms. The van der Waals surface area contributed by atoms with Crippen LogP contribution in [0, 0.1) is 17.5 Å². The van der Waals surface area contributed by atoms with Crippen molar-refractivity contribution >= 4 is 16.8 Å². The van der Waals surface area contributed by atoms with E-state index in [0.29, 0.717) is 35.0 Å². The van der Waals surface area contributed by atoms with Crippen molar-refractivity contribution in [2.24, 2.45) is 0 Å². The summed E-state index contributed by atoms with van der Waals surface area (Å²) in [4.78, 5) is 14.7.